The van der Waals surface area contributed by atoms with Gasteiger partial charge in [0.15, 0.2) is 0 Å². The molecule has 2 aromatic rings. The van der Waals surface area contributed by atoms with Crippen LogP contribution in [0.5, 0.6) is 0 Å². The molecule has 1 saturated heterocycles. The Kier molecular flexibility index (Phi) is 6.59. The van der Waals surface area contributed by atoms with Crippen molar-refractivity contribution in [2.45, 2.75) is 51.6 Å². The van der Waals surface area contributed by atoms with Crippen molar-refractivity contribution in [2.75, 3.05) is 19.7 Å². The van der Waals surface area contributed by atoms with E-state index in [1.165, 1.54) is 5.56 Å². The molecule has 2 aliphatic rings. The highest BCUT2D eigenvalue weighted by Crippen LogP contribution is 2.45. The SMILES string of the molecule is CC(C)(C)OC(=O)N1CCC(C2c3ccc(Cl)cc3C=C(CCO)c3cccnc32)CC1. The van der Waals surface area contributed by atoms with Gasteiger partial charge in [0.2, 0.25) is 0 Å². The normalized spacial score (nSPS) is 19.0. The summed E-state index contributed by atoms with van der Waals surface area (Å²) in [7, 11) is 0. The van der Waals surface area contributed by atoms with E-state index in [1.807, 2.05) is 50.1 Å². The van der Waals surface area contributed by atoms with E-state index >= 15 is 0 Å². The van der Waals surface area contributed by atoms with Crippen LogP contribution >= 0.6 is 11.6 Å². The Morgan fingerprint density at radius 1 is 1.25 bits per heavy atom. The van der Waals surface area contributed by atoms with Gasteiger partial charge in [-0.05, 0) is 86.4 Å². The molecule has 1 unspecified atom stereocenters. The van der Waals surface area contributed by atoms with Crippen LogP contribution < -0.4 is 0 Å². The average Bonchev–Trinajstić information content (AvgIpc) is 2.87. The lowest BCUT2D eigenvalue weighted by Gasteiger charge is -2.37. The third-order valence-corrected chi connectivity index (χ3v) is 6.47. The lowest BCUT2D eigenvalue weighted by atomic mass is 9.76. The van der Waals surface area contributed by atoms with Gasteiger partial charge in [0.1, 0.15) is 5.60 Å². The fourth-order valence-electron chi connectivity index (χ4n) is 4.85. The molecule has 0 spiro atoms. The van der Waals surface area contributed by atoms with Crippen LogP contribution in [0.4, 0.5) is 4.79 Å². The van der Waals surface area contributed by atoms with Gasteiger partial charge in [-0.2, -0.15) is 0 Å². The smallest absolute Gasteiger partial charge is 0.410 e. The lowest BCUT2D eigenvalue weighted by Crippen LogP contribution is -2.42. The van der Waals surface area contributed by atoms with E-state index in [0.717, 1.165) is 35.2 Å². The number of piperidine rings is 1. The molecule has 0 bridgehead atoms. The summed E-state index contributed by atoms with van der Waals surface area (Å²) < 4.78 is 5.57. The first kappa shape index (κ1) is 22.8. The van der Waals surface area contributed by atoms with Crippen molar-refractivity contribution >= 4 is 29.3 Å². The molecular weight excluding hydrogens is 424 g/mol. The number of hydrogen-bond acceptors (Lipinski definition) is 4. The number of hydrogen-bond donors (Lipinski definition) is 1. The number of nitrogens with zero attached hydrogens (tertiary/aromatic N) is 2. The quantitative estimate of drug-likeness (QED) is 0.641. The number of ether oxygens (including phenoxy) is 1. The summed E-state index contributed by atoms with van der Waals surface area (Å²) in [5.74, 6) is 0.441. The summed E-state index contributed by atoms with van der Waals surface area (Å²) in [6.45, 7) is 7.09. The number of fused-ring (bicyclic) bond motifs is 2. The van der Waals surface area contributed by atoms with Crippen LogP contribution in [0.2, 0.25) is 5.02 Å². The minimum absolute atomic E-state index is 0.0784. The van der Waals surface area contributed by atoms with E-state index in [1.54, 1.807) is 0 Å². The lowest BCUT2D eigenvalue weighted by molar-refractivity contribution is 0.0178. The highest BCUT2D eigenvalue weighted by Gasteiger charge is 2.36. The zero-order valence-electron chi connectivity index (χ0n) is 19.0. The number of rotatable bonds is 3. The maximum absolute atomic E-state index is 12.5. The van der Waals surface area contributed by atoms with Crippen molar-refractivity contribution in [1.29, 1.82) is 0 Å². The molecule has 2 heterocycles. The van der Waals surface area contributed by atoms with Gasteiger partial charge in [-0.25, -0.2) is 4.79 Å². The fourth-order valence-corrected chi connectivity index (χ4v) is 5.03. The van der Waals surface area contributed by atoms with Gasteiger partial charge in [0.05, 0.1) is 5.69 Å². The molecule has 32 heavy (non-hydrogen) atoms. The minimum atomic E-state index is -0.495. The second kappa shape index (κ2) is 9.24. The summed E-state index contributed by atoms with van der Waals surface area (Å²) >= 11 is 6.35. The predicted molar refractivity (Wildman–Crippen MR) is 128 cm³/mol. The molecule has 0 radical (unpaired) electrons. The molecule has 1 N–H and O–H groups in total. The number of aliphatic hydroxyl groups is 1. The van der Waals surface area contributed by atoms with Crippen LogP contribution in [0.25, 0.3) is 11.6 Å². The molecule has 1 fully saturated rings. The predicted octanol–water partition coefficient (Wildman–Crippen LogP) is 5.75. The van der Waals surface area contributed by atoms with Gasteiger partial charge in [-0.3, -0.25) is 4.98 Å². The summed E-state index contributed by atoms with van der Waals surface area (Å²) in [6.07, 6.45) is 6.06. The standard InChI is InChI=1S/C26H31ClN2O3/c1-26(2,3)32-25(31)29-12-8-17(9-13-29)23-21-7-6-20(27)16-19(21)15-18(10-14-30)22-5-4-11-28-24(22)23/h4-7,11,15-17,23,30H,8-10,12-14H2,1-3H3. The Balaban J connectivity index is 1.67. The van der Waals surface area contributed by atoms with Gasteiger partial charge >= 0.3 is 6.09 Å². The van der Waals surface area contributed by atoms with Crippen molar-refractivity contribution in [3.63, 3.8) is 0 Å². The van der Waals surface area contributed by atoms with Gasteiger partial charge in [0, 0.05) is 36.8 Å². The molecule has 1 aromatic heterocycles. The van der Waals surface area contributed by atoms with E-state index in [-0.39, 0.29) is 18.6 Å². The van der Waals surface area contributed by atoms with Crippen LogP contribution in [-0.4, -0.2) is 46.4 Å². The summed E-state index contributed by atoms with van der Waals surface area (Å²) in [5.41, 5.74) is 5.01. The molecule has 1 aromatic carbocycles. The number of amides is 1. The first-order valence-corrected chi connectivity index (χ1v) is 11.7. The number of halogens is 1. The Bertz CT molecular complexity index is 1020. The van der Waals surface area contributed by atoms with Gasteiger partial charge < -0.3 is 14.7 Å². The Labute approximate surface area is 195 Å². The number of carbonyl (C=O) groups excluding carboxylic acids is 1. The Morgan fingerprint density at radius 3 is 2.69 bits per heavy atom. The number of benzene rings is 1. The van der Waals surface area contributed by atoms with Gasteiger partial charge in [0.25, 0.3) is 0 Å². The molecular formula is C26H31ClN2O3. The minimum Gasteiger partial charge on any atom is -0.444 e. The summed E-state index contributed by atoms with van der Waals surface area (Å²) in [4.78, 5) is 19.2. The van der Waals surface area contributed by atoms with Gasteiger partial charge in [-0.1, -0.05) is 29.8 Å². The molecule has 1 amide bonds. The van der Waals surface area contributed by atoms with Crippen molar-refractivity contribution in [2.24, 2.45) is 5.92 Å². The summed E-state index contributed by atoms with van der Waals surface area (Å²) in [6, 6.07) is 10.1. The molecule has 1 aliphatic carbocycles. The van der Waals surface area contributed by atoms with Crippen molar-refractivity contribution in [3.05, 3.63) is 63.9 Å². The van der Waals surface area contributed by atoms with Gasteiger partial charge in [-0.15, -0.1) is 0 Å². The first-order valence-electron chi connectivity index (χ1n) is 11.3. The second-order valence-electron chi connectivity index (χ2n) is 9.64. The molecule has 4 rings (SSSR count). The summed E-state index contributed by atoms with van der Waals surface area (Å²) in [5, 5.41) is 10.4. The zero-order chi connectivity index (χ0) is 22.9. The molecule has 170 valence electrons. The van der Waals surface area contributed by atoms with Crippen molar-refractivity contribution in [3.8, 4) is 0 Å². The van der Waals surface area contributed by atoms with E-state index in [0.29, 0.717) is 30.5 Å². The average molecular weight is 455 g/mol. The van der Waals surface area contributed by atoms with Crippen molar-refractivity contribution in [1.82, 2.24) is 9.88 Å². The largest absolute Gasteiger partial charge is 0.444 e. The number of aliphatic hydroxyl groups excluding tert-OH is 1. The highest BCUT2D eigenvalue weighted by atomic mass is 35.5. The second-order valence-corrected chi connectivity index (χ2v) is 10.1. The molecule has 0 saturated carbocycles. The van der Waals surface area contributed by atoms with E-state index < -0.39 is 5.60 Å². The molecule has 1 aliphatic heterocycles. The maximum atomic E-state index is 12.5. The highest BCUT2D eigenvalue weighted by molar-refractivity contribution is 6.30. The van der Waals surface area contributed by atoms with Crippen LogP contribution in [0.1, 0.15) is 68.3 Å². The van der Waals surface area contributed by atoms with E-state index in [2.05, 4.69) is 18.2 Å². The fraction of sp³-hybridized carbons (Fsp3) is 0.462. The third-order valence-electron chi connectivity index (χ3n) is 6.24. The number of aromatic nitrogens is 1. The van der Waals surface area contributed by atoms with Crippen LogP contribution in [-0.2, 0) is 4.74 Å². The van der Waals surface area contributed by atoms with Crippen LogP contribution in [0.3, 0.4) is 0 Å². The van der Waals surface area contributed by atoms with E-state index in [9.17, 15) is 9.90 Å². The van der Waals surface area contributed by atoms with Crippen molar-refractivity contribution < 1.29 is 14.6 Å². The number of likely N-dealkylation sites (tertiary alicyclic amines) is 1. The number of pyridine rings is 1. The Morgan fingerprint density at radius 2 is 2.00 bits per heavy atom. The first-order chi connectivity index (χ1) is 15.3. The zero-order valence-corrected chi connectivity index (χ0v) is 19.7. The molecule has 5 nitrogen and oxygen atoms in total. The third kappa shape index (κ3) is 4.84. The maximum Gasteiger partial charge on any atom is 0.410 e. The van der Waals surface area contributed by atoms with E-state index in [4.69, 9.17) is 21.3 Å². The topological polar surface area (TPSA) is 62.7 Å². The monoisotopic (exact) mass is 454 g/mol. The molecule has 1 atom stereocenters. The molecule has 6 heteroatoms. The van der Waals surface area contributed by atoms with Crippen LogP contribution in [0.15, 0.2) is 36.5 Å². The Hall–Kier alpha value is -2.37. The number of carbonyl (C=O) groups is 1. The van der Waals surface area contributed by atoms with Crippen LogP contribution in [0, 0.1) is 5.92 Å².